The summed E-state index contributed by atoms with van der Waals surface area (Å²) in [5, 5.41) is 0. The van der Waals surface area contributed by atoms with Crippen LogP contribution in [0.1, 0.15) is 58.9 Å². The fraction of sp³-hybridized carbons (Fsp3) is 0.333. The molecule has 0 aliphatic carbocycles. The summed E-state index contributed by atoms with van der Waals surface area (Å²) < 4.78 is 11.6. The summed E-state index contributed by atoms with van der Waals surface area (Å²) in [4.78, 5) is 24.7. The predicted octanol–water partition coefficient (Wildman–Crippen LogP) is 5.54. The van der Waals surface area contributed by atoms with E-state index >= 15 is 0 Å². The molecule has 0 bridgehead atoms. The maximum Gasteiger partial charge on any atom is 0.339 e. The van der Waals surface area contributed by atoms with Crippen molar-refractivity contribution >= 4 is 27.9 Å². The third kappa shape index (κ3) is 6.30. The van der Waals surface area contributed by atoms with Crippen molar-refractivity contribution in [2.24, 2.45) is 0 Å². The Morgan fingerprint density at radius 3 is 2.23 bits per heavy atom. The number of carbonyl (C=O) groups is 2. The van der Waals surface area contributed by atoms with Gasteiger partial charge < -0.3 is 9.47 Å². The molecule has 0 radical (unpaired) electrons. The van der Waals surface area contributed by atoms with E-state index in [1.807, 2.05) is 24.3 Å². The monoisotopic (exact) mass is 418 g/mol. The van der Waals surface area contributed by atoms with Crippen molar-refractivity contribution in [2.75, 3.05) is 6.61 Å². The smallest absolute Gasteiger partial charge is 0.339 e. The van der Waals surface area contributed by atoms with Gasteiger partial charge in [0.1, 0.15) is 6.61 Å². The molecule has 0 saturated heterocycles. The molecule has 0 aliphatic rings. The van der Waals surface area contributed by atoms with Crippen molar-refractivity contribution in [3.05, 3.63) is 69.7 Å². The highest BCUT2D eigenvalue weighted by Crippen LogP contribution is 2.16. The van der Waals surface area contributed by atoms with Gasteiger partial charge in [0.25, 0.3) is 0 Å². The zero-order valence-electron chi connectivity index (χ0n) is 14.9. The van der Waals surface area contributed by atoms with Gasteiger partial charge in [-0.3, -0.25) is 0 Å². The number of unbranched alkanes of at least 4 members (excludes halogenated alkanes) is 3. The van der Waals surface area contributed by atoms with E-state index < -0.39 is 11.9 Å². The topological polar surface area (TPSA) is 52.6 Å². The molecule has 138 valence electrons. The van der Waals surface area contributed by atoms with Crippen LogP contribution in [-0.2, 0) is 16.1 Å². The number of carbonyl (C=O) groups excluding carboxylic acids is 2. The van der Waals surface area contributed by atoms with Gasteiger partial charge in [-0.25, -0.2) is 9.59 Å². The minimum absolute atomic E-state index is 0.138. The molecule has 0 saturated carbocycles. The van der Waals surface area contributed by atoms with Gasteiger partial charge >= 0.3 is 11.9 Å². The average molecular weight is 419 g/mol. The molecule has 4 nitrogen and oxygen atoms in total. The first-order valence-corrected chi connectivity index (χ1v) is 9.59. The number of hydrogen-bond acceptors (Lipinski definition) is 4. The second-order valence-corrected chi connectivity index (χ2v) is 6.86. The minimum Gasteiger partial charge on any atom is -0.462 e. The molecular formula is C21H23BrO4. The number of hydrogen-bond donors (Lipinski definition) is 0. The first-order valence-electron chi connectivity index (χ1n) is 8.79. The molecule has 0 atom stereocenters. The first-order chi connectivity index (χ1) is 12.6. The Morgan fingerprint density at radius 2 is 1.58 bits per heavy atom. The van der Waals surface area contributed by atoms with Gasteiger partial charge in [0, 0.05) is 4.47 Å². The van der Waals surface area contributed by atoms with Crippen LogP contribution in [-0.4, -0.2) is 18.5 Å². The van der Waals surface area contributed by atoms with Crippen molar-refractivity contribution in [3.63, 3.8) is 0 Å². The Hall–Kier alpha value is -2.14. The van der Waals surface area contributed by atoms with Crippen molar-refractivity contribution in [1.29, 1.82) is 0 Å². The van der Waals surface area contributed by atoms with E-state index in [-0.39, 0.29) is 17.7 Å². The van der Waals surface area contributed by atoms with E-state index in [1.165, 1.54) is 0 Å². The van der Waals surface area contributed by atoms with Crippen LogP contribution in [0.25, 0.3) is 0 Å². The number of rotatable bonds is 9. The van der Waals surface area contributed by atoms with Gasteiger partial charge in [-0.05, 0) is 36.2 Å². The second-order valence-electron chi connectivity index (χ2n) is 5.95. The van der Waals surface area contributed by atoms with Gasteiger partial charge in [-0.2, -0.15) is 0 Å². The Balaban J connectivity index is 1.96. The van der Waals surface area contributed by atoms with Gasteiger partial charge in [0.15, 0.2) is 0 Å². The van der Waals surface area contributed by atoms with Crippen LogP contribution in [0.5, 0.6) is 0 Å². The molecule has 2 rings (SSSR count). The molecule has 0 amide bonds. The lowest BCUT2D eigenvalue weighted by Crippen LogP contribution is -2.14. The summed E-state index contributed by atoms with van der Waals surface area (Å²) in [6.07, 6.45) is 4.10. The SMILES string of the molecule is CCCCCCOC(=O)c1ccccc1C(=O)OCc1cccc(Br)c1. The standard InChI is InChI=1S/C21H23BrO4/c1-2-3-4-7-13-25-20(23)18-11-5-6-12-19(18)21(24)26-15-16-9-8-10-17(22)14-16/h5-6,8-12,14H,2-4,7,13,15H2,1H3. The van der Waals surface area contributed by atoms with E-state index in [0.717, 1.165) is 35.7 Å². The number of benzene rings is 2. The zero-order valence-corrected chi connectivity index (χ0v) is 16.5. The average Bonchev–Trinajstić information content (AvgIpc) is 2.66. The number of halogens is 1. The first kappa shape index (κ1) is 20.2. The second kappa shape index (κ2) is 10.8. The maximum atomic E-state index is 12.4. The van der Waals surface area contributed by atoms with E-state index in [2.05, 4.69) is 22.9 Å². The molecule has 2 aromatic carbocycles. The minimum atomic E-state index is -0.538. The van der Waals surface area contributed by atoms with E-state index in [4.69, 9.17) is 9.47 Å². The van der Waals surface area contributed by atoms with Gasteiger partial charge in [0.05, 0.1) is 17.7 Å². The Labute approximate surface area is 162 Å². The van der Waals surface area contributed by atoms with Crippen LogP contribution >= 0.6 is 15.9 Å². The summed E-state index contributed by atoms with van der Waals surface area (Å²) in [6.45, 7) is 2.63. The molecule has 2 aromatic rings. The largest absolute Gasteiger partial charge is 0.462 e. The van der Waals surface area contributed by atoms with E-state index in [0.29, 0.717) is 6.61 Å². The summed E-state index contributed by atoms with van der Waals surface area (Å²) >= 11 is 3.38. The van der Waals surface area contributed by atoms with Crippen molar-refractivity contribution < 1.29 is 19.1 Å². The molecule has 0 unspecified atom stereocenters. The summed E-state index contributed by atoms with van der Waals surface area (Å²) in [5.74, 6) is -1.03. The molecule has 0 spiro atoms. The highest BCUT2D eigenvalue weighted by molar-refractivity contribution is 9.10. The van der Waals surface area contributed by atoms with E-state index in [9.17, 15) is 9.59 Å². The quantitative estimate of drug-likeness (QED) is 0.396. The van der Waals surface area contributed by atoms with Gasteiger partial charge in [0.2, 0.25) is 0 Å². The molecule has 0 N–H and O–H groups in total. The highest BCUT2D eigenvalue weighted by atomic mass is 79.9. The van der Waals surface area contributed by atoms with Crippen LogP contribution in [0.4, 0.5) is 0 Å². The summed E-state index contributed by atoms with van der Waals surface area (Å²) in [7, 11) is 0. The molecule has 0 aliphatic heterocycles. The number of esters is 2. The Kier molecular flexibility index (Phi) is 8.35. The van der Waals surface area contributed by atoms with Crippen LogP contribution in [0, 0.1) is 0 Å². The lowest BCUT2D eigenvalue weighted by atomic mass is 10.1. The third-order valence-corrected chi connectivity index (χ3v) is 4.35. The highest BCUT2D eigenvalue weighted by Gasteiger charge is 2.19. The predicted molar refractivity (Wildman–Crippen MR) is 104 cm³/mol. The summed E-state index contributed by atoms with van der Waals surface area (Å²) in [5.41, 5.74) is 1.33. The number of ether oxygens (including phenoxy) is 2. The normalized spacial score (nSPS) is 10.4. The fourth-order valence-electron chi connectivity index (χ4n) is 2.46. The molecular weight excluding hydrogens is 396 g/mol. The van der Waals surface area contributed by atoms with E-state index in [1.54, 1.807) is 24.3 Å². The molecule has 0 fully saturated rings. The van der Waals surface area contributed by atoms with Crippen LogP contribution in [0.3, 0.4) is 0 Å². The fourth-order valence-corrected chi connectivity index (χ4v) is 2.91. The molecule has 0 heterocycles. The Morgan fingerprint density at radius 1 is 0.885 bits per heavy atom. The molecule has 0 aromatic heterocycles. The zero-order chi connectivity index (χ0) is 18.8. The Bertz CT molecular complexity index is 742. The maximum absolute atomic E-state index is 12.4. The summed E-state index contributed by atoms with van der Waals surface area (Å²) in [6, 6.07) is 14.1. The van der Waals surface area contributed by atoms with Crippen LogP contribution in [0.2, 0.25) is 0 Å². The molecule has 5 heteroatoms. The van der Waals surface area contributed by atoms with Crippen molar-refractivity contribution in [2.45, 2.75) is 39.2 Å². The van der Waals surface area contributed by atoms with Crippen LogP contribution < -0.4 is 0 Å². The lowest BCUT2D eigenvalue weighted by Gasteiger charge is -2.10. The van der Waals surface area contributed by atoms with Crippen molar-refractivity contribution in [3.8, 4) is 0 Å². The third-order valence-electron chi connectivity index (χ3n) is 3.86. The van der Waals surface area contributed by atoms with Crippen LogP contribution in [0.15, 0.2) is 53.0 Å². The van der Waals surface area contributed by atoms with Gasteiger partial charge in [-0.15, -0.1) is 0 Å². The lowest BCUT2D eigenvalue weighted by molar-refractivity contribution is 0.0436. The van der Waals surface area contributed by atoms with Gasteiger partial charge in [-0.1, -0.05) is 66.4 Å². The van der Waals surface area contributed by atoms with Crippen molar-refractivity contribution in [1.82, 2.24) is 0 Å². The molecule has 26 heavy (non-hydrogen) atoms.